The summed E-state index contributed by atoms with van der Waals surface area (Å²) in [5, 5.41) is 9.57. The van der Waals surface area contributed by atoms with Gasteiger partial charge in [0.1, 0.15) is 17.0 Å². The second-order valence-corrected chi connectivity index (χ2v) is 8.62. The number of carbonyl (C=O) groups excluding carboxylic acids is 1. The molecular formula is C19H25N5OS2. The minimum absolute atomic E-state index is 0.0476. The first kappa shape index (κ1) is 19.7. The molecule has 6 nitrogen and oxygen atoms in total. The number of rotatable bonds is 8. The molecule has 2 N–H and O–H groups in total. The van der Waals surface area contributed by atoms with Crippen molar-refractivity contribution in [3.05, 3.63) is 39.2 Å². The average molecular weight is 404 g/mol. The number of aryl methyl sites for hydroxylation is 1. The van der Waals surface area contributed by atoms with Gasteiger partial charge in [0.05, 0.1) is 16.3 Å². The van der Waals surface area contributed by atoms with E-state index < -0.39 is 0 Å². The Balaban J connectivity index is 1.87. The highest BCUT2D eigenvalue weighted by atomic mass is 32.1. The first-order chi connectivity index (χ1) is 13.0. The molecule has 3 aromatic rings. The second kappa shape index (κ2) is 8.77. The van der Waals surface area contributed by atoms with Crippen LogP contribution >= 0.6 is 22.7 Å². The Hall–Kier alpha value is -2.03. The number of nitrogens with one attached hydrogen (secondary N) is 2. The van der Waals surface area contributed by atoms with E-state index in [1.165, 1.54) is 16.2 Å². The number of likely N-dealkylation sites (N-methyl/N-ethyl adjacent to an activating group) is 1. The van der Waals surface area contributed by atoms with E-state index in [1.54, 1.807) is 17.7 Å². The van der Waals surface area contributed by atoms with Crippen molar-refractivity contribution in [3.8, 4) is 0 Å². The van der Waals surface area contributed by atoms with Crippen molar-refractivity contribution in [2.45, 2.75) is 26.3 Å². The third-order valence-electron chi connectivity index (χ3n) is 4.38. The number of carbonyl (C=O) groups is 1. The lowest BCUT2D eigenvalue weighted by Gasteiger charge is -2.17. The van der Waals surface area contributed by atoms with Crippen LogP contribution in [0.25, 0.3) is 10.2 Å². The first-order valence-corrected chi connectivity index (χ1v) is 10.7. The molecule has 0 aromatic carbocycles. The zero-order valence-corrected chi connectivity index (χ0v) is 17.7. The van der Waals surface area contributed by atoms with Crippen LogP contribution in [0.1, 0.15) is 39.5 Å². The lowest BCUT2D eigenvalue weighted by atomic mass is 10.1. The van der Waals surface area contributed by atoms with E-state index in [-0.39, 0.29) is 11.9 Å². The second-order valence-electron chi connectivity index (χ2n) is 6.64. The molecule has 1 atom stereocenters. The van der Waals surface area contributed by atoms with Crippen molar-refractivity contribution in [3.63, 3.8) is 0 Å². The molecule has 0 aliphatic rings. The molecule has 0 aliphatic carbocycles. The van der Waals surface area contributed by atoms with Gasteiger partial charge in [-0.25, -0.2) is 9.97 Å². The molecule has 0 saturated heterocycles. The van der Waals surface area contributed by atoms with Gasteiger partial charge in [-0.1, -0.05) is 13.0 Å². The monoisotopic (exact) mass is 403 g/mol. The zero-order chi connectivity index (χ0) is 19.4. The standard InChI is InChI=1S/C19H25N5OS2/c1-5-13(14-7-6-10-26-14)23-17-15-12(2)16(27-19(15)22-11-21-17)18(25)20-8-9-24(3)4/h6-7,10-11,13H,5,8-9H2,1-4H3,(H,20,25)(H,21,22,23). The fourth-order valence-electron chi connectivity index (χ4n) is 2.90. The summed E-state index contributed by atoms with van der Waals surface area (Å²) >= 11 is 3.16. The highest BCUT2D eigenvalue weighted by molar-refractivity contribution is 7.20. The molecule has 144 valence electrons. The molecule has 0 spiro atoms. The van der Waals surface area contributed by atoms with Gasteiger partial charge in [-0.2, -0.15) is 0 Å². The predicted octanol–water partition coefficient (Wildman–Crippen LogP) is 3.92. The third kappa shape index (κ3) is 4.45. The van der Waals surface area contributed by atoms with Crippen LogP contribution < -0.4 is 10.6 Å². The van der Waals surface area contributed by atoms with Gasteiger partial charge in [0.2, 0.25) is 0 Å². The number of anilines is 1. The molecular weight excluding hydrogens is 378 g/mol. The average Bonchev–Trinajstić information content (AvgIpc) is 3.28. The molecule has 3 rings (SSSR count). The summed E-state index contributed by atoms with van der Waals surface area (Å²) in [7, 11) is 3.98. The molecule has 1 unspecified atom stereocenters. The van der Waals surface area contributed by atoms with Crippen molar-refractivity contribution in [2.24, 2.45) is 0 Å². The molecule has 0 aliphatic heterocycles. The van der Waals surface area contributed by atoms with Gasteiger partial charge >= 0.3 is 0 Å². The van der Waals surface area contributed by atoms with Crippen molar-refractivity contribution < 1.29 is 4.79 Å². The Morgan fingerprint density at radius 2 is 2.15 bits per heavy atom. The van der Waals surface area contributed by atoms with E-state index in [1.807, 2.05) is 25.9 Å². The first-order valence-electron chi connectivity index (χ1n) is 8.98. The maximum absolute atomic E-state index is 12.6. The van der Waals surface area contributed by atoms with Crippen LogP contribution in [0.15, 0.2) is 23.8 Å². The summed E-state index contributed by atoms with van der Waals surface area (Å²) in [4.78, 5) is 26.3. The molecule has 1 amide bonds. The van der Waals surface area contributed by atoms with E-state index >= 15 is 0 Å². The summed E-state index contributed by atoms with van der Waals surface area (Å²) in [5.74, 6) is 0.745. The van der Waals surface area contributed by atoms with Gasteiger partial charge in [0, 0.05) is 18.0 Å². The highest BCUT2D eigenvalue weighted by Crippen LogP contribution is 2.35. The van der Waals surface area contributed by atoms with Crippen LogP contribution in [0.2, 0.25) is 0 Å². The number of thiophene rings is 2. The van der Waals surface area contributed by atoms with Gasteiger partial charge in [0.15, 0.2) is 0 Å². The fourth-order valence-corrected chi connectivity index (χ4v) is 4.83. The van der Waals surface area contributed by atoms with E-state index in [0.717, 1.165) is 34.6 Å². The van der Waals surface area contributed by atoms with Crippen molar-refractivity contribution in [1.82, 2.24) is 20.2 Å². The maximum Gasteiger partial charge on any atom is 0.261 e. The summed E-state index contributed by atoms with van der Waals surface area (Å²) in [6.07, 6.45) is 2.52. The summed E-state index contributed by atoms with van der Waals surface area (Å²) in [6.45, 7) is 5.55. The van der Waals surface area contributed by atoms with Crippen LogP contribution in [0.3, 0.4) is 0 Å². The van der Waals surface area contributed by atoms with E-state index in [4.69, 9.17) is 0 Å². The highest BCUT2D eigenvalue weighted by Gasteiger charge is 2.21. The fraction of sp³-hybridized carbons (Fsp3) is 0.421. The van der Waals surface area contributed by atoms with Gasteiger partial charge in [-0.3, -0.25) is 4.79 Å². The Bertz CT molecular complexity index is 904. The summed E-state index contributed by atoms with van der Waals surface area (Å²) in [5.41, 5.74) is 0.932. The Morgan fingerprint density at radius 3 is 2.81 bits per heavy atom. The molecule has 0 bridgehead atoms. The number of aromatic nitrogens is 2. The molecule has 8 heteroatoms. The van der Waals surface area contributed by atoms with Crippen LogP contribution in [-0.4, -0.2) is 48.0 Å². The molecule has 27 heavy (non-hydrogen) atoms. The van der Waals surface area contributed by atoms with E-state index in [2.05, 4.69) is 45.0 Å². The Morgan fingerprint density at radius 1 is 1.33 bits per heavy atom. The Kier molecular flexibility index (Phi) is 6.41. The Labute approximate surface area is 167 Å². The SMILES string of the molecule is CCC(Nc1ncnc2sc(C(=O)NCCN(C)C)c(C)c12)c1cccs1. The van der Waals surface area contributed by atoms with Crippen LogP contribution in [0.5, 0.6) is 0 Å². The minimum atomic E-state index is -0.0476. The number of hydrogen-bond donors (Lipinski definition) is 2. The largest absolute Gasteiger partial charge is 0.362 e. The number of fused-ring (bicyclic) bond motifs is 1. The van der Waals surface area contributed by atoms with Gasteiger partial charge in [-0.15, -0.1) is 22.7 Å². The molecule has 0 fully saturated rings. The van der Waals surface area contributed by atoms with Crippen LogP contribution in [0.4, 0.5) is 5.82 Å². The van der Waals surface area contributed by atoms with E-state index in [0.29, 0.717) is 11.4 Å². The van der Waals surface area contributed by atoms with Gasteiger partial charge in [0.25, 0.3) is 5.91 Å². The predicted molar refractivity (Wildman–Crippen MR) is 114 cm³/mol. The summed E-state index contributed by atoms with van der Waals surface area (Å²) in [6, 6.07) is 4.39. The molecule has 0 saturated carbocycles. The zero-order valence-electron chi connectivity index (χ0n) is 16.1. The molecule has 3 aromatic heterocycles. The normalized spacial score (nSPS) is 12.5. The third-order valence-corrected chi connectivity index (χ3v) is 6.57. The van der Waals surface area contributed by atoms with Gasteiger partial charge < -0.3 is 15.5 Å². The van der Waals surface area contributed by atoms with Gasteiger partial charge in [-0.05, 0) is 44.4 Å². The van der Waals surface area contributed by atoms with Crippen LogP contribution in [0, 0.1) is 6.92 Å². The summed E-state index contributed by atoms with van der Waals surface area (Å²) < 4.78 is 0. The van der Waals surface area contributed by atoms with Crippen molar-refractivity contribution in [1.29, 1.82) is 0 Å². The lowest BCUT2D eigenvalue weighted by Crippen LogP contribution is -2.31. The number of hydrogen-bond acceptors (Lipinski definition) is 7. The lowest BCUT2D eigenvalue weighted by molar-refractivity contribution is 0.0954. The van der Waals surface area contributed by atoms with Crippen molar-refractivity contribution >= 4 is 44.6 Å². The number of amides is 1. The topological polar surface area (TPSA) is 70.1 Å². The smallest absolute Gasteiger partial charge is 0.261 e. The quantitative estimate of drug-likeness (QED) is 0.597. The molecule has 0 radical (unpaired) electrons. The minimum Gasteiger partial charge on any atom is -0.362 e. The maximum atomic E-state index is 12.6. The molecule has 3 heterocycles. The van der Waals surface area contributed by atoms with E-state index in [9.17, 15) is 4.79 Å². The van der Waals surface area contributed by atoms with Crippen molar-refractivity contribution in [2.75, 3.05) is 32.5 Å². The van der Waals surface area contributed by atoms with Crippen LogP contribution in [-0.2, 0) is 0 Å². The number of nitrogens with zero attached hydrogens (tertiary/aromatic N) is 3.